The first-order valence-corrected chi connectivity index (χ1v) is 8.08. The van der Waals surface area contributed by atoms with Crippen molar-refractivity contribution in [2.75, 3.05) is 26.7 Å². The van der Waals surface area contributed by atoms with Crippen LogP contribution in [0.1, 0.15) is 18.5 Å². The zero-order chi connectivity index (χ0) is 13.8. The Kier molecular flexibility index (Phi) is 4.50. The number of hydrogen-bond acceptors (Lipinski definition) is 5. The molecule has 108 valence electrons. The second-order valence-electron chi connectivity index (χ2n) is 5.55. The zero-order valence-electron chi connectivity index (χ0n) is 11.8. The molecule has 1 N–H and O–H groups in total. The molecule has 0 radical (unpaired) electrons. The number of thiophene rings is 1. The van der Waals surface area contributed by atoms with Crippen LogP contribution in [-0.4, -0.2) is 36.7 Å². The topological polar surface area (TPSA) is 41.3 Å². The third kappa shape index (κ3) is 3.48. The average Bonchev–Trinajstić information content (AvgIpc) is 3.10. The van der Waals surface area contributed by atoms with E-state index in [1.54, 1.807) is 11.3 Å². The lowest BCUT2D eigenvalue weighted by Crippen LogP contribution is -2.34. The molecule has 20 heavy (non-hydrogen) atoms. The highest BCUT2D eigenvalue weighted by Gasteiger charge is 2.16. The van der Waals surface area contributed by atoms with E-state index < -0.39 is 0 Å². The van der Waals surface area contributed by atoms with Gasteiger partial charge in [0.05, 0.1) is 10.6 Å². The molecule has 0 saturated carbocycles. The molecule has 0 unspecified atom stereocenters. The summed E-state index contributed by atoms with van der Waals surface area (Å²) in [6.45, 7) is 4.32. The van der Waals surface area contributed by atoms with Crippen molar-refractivity contribution in [1.29, 1.82) is 0 Å². The first-order valence-electron chi connectivity index (χ1n) is 7.20. The van der Waals surface area contributed by atoms with Crippen LogP contribution >= 0.6 is 11.3 Å². The molecule has 0 bridgehead atoms. The number of hydrogen-bond donors (Lipinski definition) is 1. The van der Waals surface area contributed by atoms with Crippen molar-refractivity contribution in [3.8, 4) is 10.6 Å². The SMILES string of the molecule is CN(Cc1cc(-c2cccs2)on1)CC1CCNCC1. The van der Waals surface area contributed by atoms with Crippen LogP contribution in [0.5, 0.6) is 0 Å². The van der Waals surface area contributed by atoms with Crippen molar-refractivity contribution >= 4 is 11.3 Å². The van der Waals surface area contributed by atoms with Gasteiger partial charge in [-0.15, -0.1) is 11.3 Å². The molecule has 0 amide bonds. The van der Waals surface area contributed by atoms with Gasteiger partial charge in [0.25, 0.3) is 0 Å². The molecule has 2 aromatic rings. The van der Waals surface area contributed by atoms with Crippen molar-refractivity contribution in [2.45, 2.75) is 19.4 Å². The minimum Gasteiger partial charge on any atom is -0.355 e. The first-order chi connectivity index (χ1) is 9.81. The van der Waals surface area contributed by atoms with Crippen LogP contribution in [0.4, 0.5) is 0 Å². The van der Waals surface area contributed by atoms with Gasteiger partial charge in [0.1, 0.15) is 0 Å². The van der Waals surface area contributed by atoms with Crippen molar-refractivity contribution in [3.63, 3.8) is 0 Å². The summed E-state index contributed by atoms with van der Waals surface area (Å²) in [5.74, 6) is 1.69. The van der Waals surface area contributed by atoms with E-state index in [0.29, 0.717) is 0 Å². The third-order valence-corrected chi connectivity index (χ3v) is 4.67. The minimum absolute atomic E-state index is 0.810. The Bertz CT molecular complexity index is 517. The smallest absolute Gasteiger partial charge is 0.177 e. The highest BCUT2D eigenvalue weighted by Crippen LogP contribution is 2.25. The van der Waals surface area contributed by atoms with E-state index >= 15 is 0 Å². The van der Waals surface area contributed by atoms with Gasteiger partial charge in [0.15, 0.2) is 5.76 Å². The molecule has 1 fully saturated rings. The zero-order valence-corrected chi connectivity index (χ0v) is 12.7. The monoisotopic (exact) mass is 291 g/mol. The summed E-state index contributed by atoms with van der Waals surface area (Å²) in [7, 11) is 2.17. The molecule has 0 atom stereocenters. The van der Waals surface area contributed by atoms with Crippen LogP contribution < -0.4 is 5.32 Å². The molecule has 0 spiro atoms. The molecular formula is C15H21N3OS. The Morgan fingerprint density at radius 2 is 2.30 bits per heavy atom. The summed E-state index contributed by atoms with van der Waals surface area (Å²) < 4.78 is 5.42. The molecule has 1 saturated heterocycles. The van der Waals surface area contributed by atoms with Crippen LogP contribution in [0.25, 0.3) is 10.6 Å². The van der Waals surface area contributed by atoms with Gasteiger partial charge in [-0.05, 0) is 50.3 Å². The number of nitrogens with one attached hydrogen (secondary N) is 1. The van der Waals surface area contributed by atoms with Gasteiger partial charge in [-0.3, -0.25) is 0 Å². The highest BCUT2D eigenvalue weighted by molar-refractivity contribution is 7.13. The molecule has 4 nitrogen and oxygen atoms in total. The lowest BCUT2D eigenvalue weighted by atomic mass is 9.98. The Balaban J connectivity index is 1.54. The molecule has 1 aliphatic heterocycles. The van der Waals surface area contributed by atoms with E-state index in [2.05, 4.69) is 39.9 Å². The van der Waals surface area contributed by atoms with E-state index in [-0.39, 0.29) is 0 Å². The lowest BCUT2D eigenvalue weighted by Gasteiger charge is -2.26. The molecule has 3 rings (SSSR count). The van der Waals surface area contributed by atoms with Crippen LogP contribution in [0.15, 0.2) is 28.1 Å². The predicted molar refractivity (Wildman–Crippen MR) is 81.7 cm³/mol. The lowest BCUT2D eigenvalue weighted by molar-refractivity contribution is 0.229. The number of nitrogens with zero attached hydrogens (tertiary/aromatic N) is 2. The minimum atomic E-state index is 0.810. The Labute approximate surface area is 123 Å². The van der Waals surface area contributed by atoms with E-state index in [4.69, 9.17) is 4.52 Å². The van der Waals surface area contributed by atoms with Gasteiger partial charge < -0.3 is 14.7 Å². The fourth-order valence-electron chi connectivity index (χ4n) is 2.77. The first kappa shape index (κ1) is 13.8. The fourth-order valence-corrected chi connectivity index (χ4v) is 3.44. The Morgan fingerprint density at radius 3 is 3.05 bits per heavy atom. The van der Waals surface area contributed by atoms with Gasteiger partial charge in [-0.2, -0.15) is 0 Å². The highest BCUT2D eigenvalue weighted by atomic mass is 32.1. The summed E-state index contributed by atoms with van der Waals surface area (Å²) in [5.41, 5.74) is 1.02. The van der Waals surface area contributed by atoms with Crippen molar-refractivity contribution in [3.05, 3.63) is 29.3 Å². The van der Waals surface area contributed by atoms with Crippen LogP contribution in [0.3, 0.4) is 0 Å². The predicted octanol–water partition coefficient (Wildman–Crippen LogP) is 2.83. The van der Waals surface area contributed by atoms with Crippen LogP contribution in [-0.2, 0) is 6.54 Å². The standard InChI is InChI=1S/C15H21N3OS/c1-18(10-12-4-6-16-7-5-12)11-13-9-14(19-17-13)15-3-2-8-20-15/h2-3,8-9,12,16H,4-7,10-11H2,1H3. The Morgan fingerprint density at radius 1 is 1.45 bits per heavy atom. The maximum absolute atomic E-state index is 5.42. The second-order valence-corrected chi connectivity index (χ2v) is 6.50. The summed E-state index contributed by atoms with van der Waals surface area (Å²) in [6.07, 6.45) is 2.56. The van der Waals surface area contributed by atoms with E-state index in [0.717, 1.165) is 48.4 Å². The van der Waals surface area contributed by atoms with E-state index in [1.807, 2.05) is 6.07 Å². The molecule has 0 aromatic carbocycles. The normalized spacial score (nSPS) is 16.9. The quantitative estimate of drug-likeness (QED) is 0.920. The fraction of sp³-hybridized carbons (Fsp3) is 0.533. The molecule has 0 aliphatic carbocycles. The van der Waals surface area contributed by atoms with Gasteiger partial charge in [-0.1, -0.05) is 11.2 Å². The molecular weight excluding hydrogens is 270 g/mol. The summed E-state index contributed by atoms with van der Waals surface area (Å²) in [6, 6.07) is 6.16. The van der Waals surface area contributed by atoms with E-state index in [1.165, 1.54) is 12.8 Å². The molecule has 1 aliphatic rings. The van der Waals surface area contributed by atoms with Gasteiger partial charge in [0, 0.05) is 19.2 Å². The van der Waals surface area contributed by atoms with Gasteiger partial charge >= 0.3 is 0 Å². The van der Waals surface area contributed by atoms with Crippen molar-refractivity contribution in [1.82, 2.24) is 15.4 Å². The summed E-state index contributed by atoms with van der Waals surface area (Å²) in [5, 5.41) is 9.65. The van der Waals surface area contributed by atoms with Crippen LogP contribution in [0.2, 0.25) is 0 Å². The molecule has 5 heteroatoms. The van der Waals surface area contributed by atoms with Gasteiger partial charge in [0.2, 0.25) is 0 Å². The Hall–Kier alpha value is -1.17. The van der Waals surface area contributed by atoms with Crippen molar-refractivity contribution < 1.29 is 4.52 Å². The second kappa shape index (κ2) is 6.52. The summed E-state index contributed by atoms with van der Waals surface area (Å²) >= 11 is 1.68. The van der Waals surface area contributed by atoms with Crippen molar-refractivity contribution in [2.24, 2.45) is 5.92 Å². The summed E-state index contributed by atoms with van der Waals surface area (Å²) in [4.78, 5) is 3.50. The number of piperidine rings is 1. The average molecular weight is 291 g/mol. The molecule has 2 aromatic heterocycles. The maximum Gasteiger partial charge on any atom is 0.177 e. The van der Waals surface area contributed by atoms with E-state index in [9.17, 15) is 0 Å². The number of rotatable bonds is 5. The third-order valence-electron chi connectivity index (χ3n) is 3.78. The van der Waals surface area contributed by atoms with Crippen LogP contribution in [0, 0.1) is 5.92 Å². The maximum atomic E-state index is 5.42. The number of aromatic nitrogens is 1. The van der Waals surface area contributed by atoms with Gasteiger partial charge in [-0.25, -0.2) is 0 Å². The molecule has 3 heterocycles. The largest absolute Gasteiger partial charge is 0.355 e.